The fraction of sp³-hybridized carbons (Fsp3) is 0.152. The number of rotatable bonds is 7. The molecule has 68 heavy (non-hydrogen) atoms. The molecule has 0 radical (unpaired) electrons. The van der Waals surface area contributed by atoms with Gasteiger partial charge >= 0.3 is 0 Å². The lowest BCUT2D eigenvalue weighted by Crippen LogP contribution is -2.62. The monoisotopic (exact) mass is 876 g/mol. The Bertz CT molecular complexity index is 3310. The molecule has 0 bridgehead atoms. The molecule has 0 amide bonds. The van der Waals surface area contributed by atoms with Crippen molar-refractivity contribution in [2.75, 3.05) is 9.80 Å². The van der Waals surface area contributed by atoms with E-state index in [1.54, 1.807) is 0 Å². The molecule has 0 N–H and O–H groups in total. The van der Waals surface area contributed by atoms with Crippen LogP contribution >= 0.6 is 0 Å². The highest BCUT2D eigenvalue weighted by Gasteiger charge is 2.70. The Morgan fingerprint density at radius 3 is 1.03 bits per heavy atom. The van der Waals surface area contributed by atoms with Crippen molar-refractivity contribution in [1.82, 2.24) is 0 Å². The zero-order chi connectivity index (χ0) is 46.4. The number of hydrogen-bond acceptors (Lipinski definition) is 2. The molecule has 0 fully saturated rings. The normalized spacial score (nSPS) is 17.1. The standard InChI is InChI=1S/C66H56N2/c1-63(2,3)65(57-35-19-17-33-53(57)55-41-39-49(43-59(55)65)67(47-27-9-7-10-28-47)61-37-21-25-45-23-13-15-31-51(45)61)66(64(4,5)6)58-36-20-18-34-54(58)56-42-40-50(44-60(56)66)68(48-29-11-8-12-30-48)62-38-22-26-46-24-14-16-32-52(46)62/h7-44H,1-6H3. The second-order valence-electron chi connectivity index (χ2n) is 20.9. The van der Waals surface area contributed by atoms with E-state index in [9.17, 15) is 0 Å². The summed E-state index contributed by atoms with van der Waals surface area (Å²) in [6.07, 6.45) is 0. The van der Waals surface area contributed by atoms with Crippen molar-refractivity contribution in [3.05, 3.63) is 253 Å². The van der Waals surface area contributed by atoms with Crippen LogP contribution in [0.5, 0.6) is 0 Å². The van der Waals surface area contributed by atoms with E-state index in [2.05, 4.69) is 282 Å². The molecule has 2 aliphatic rings. The van der Waals surface area contributed by atoms with Gasteiger partial charge in [0.2, 0.25) is 0 Å². The van der Waals surface area contributed by atoms with Gasteiger partial charge in [-0.15, -0.1) is 0 Å². The molecule has 330 valence electrons. The third kappa shape index (κ3) is 5.83. The van der Waals surface area contributed by atoms with Gasteiger partial charge in [0.15, 0.2) is 0 Å². The Hall–Kier alpha value is -7.68. The number of anilines is 6. The number of hydrogen-bond donors (Lipinski definition) is 0. The quantitative estimate of drug-likeness (QED) is 0.157. The molecule has 12 rings (SSSR count). The summed E-state index contributed by atoms with van der Waals surface area (Å²) in [5.41, 5.74) is 15.8. The summed E-state index contributed by atoms with van der Waals surface area (Å²) in [5.74, 6) is 0. The first kappa shape index (κ1) is 41.7. The third-order valence-electron chi connectivity index (χ3n) is 15.4. The zero-order valence-electron chi connectivity index (χ0n) is 39.8. The molecule has 2 atom stereocenters. The SMILES string of the molecule is CC(C)(C)C1(C2(C(C)(C)C)c3ccccc3-c3ccc(N(c4ccccc4)c4cccc5ccccc45)cc32)c2ccccc2-c2ccc(N(c3ccccc3)c3cccc4ccccc34)cc21. The Morgan fingerprint density at radius 1 is 0.279 bits per heavy atom. The summed E-state index contributed by atoms with van der Waals surface area (Å²) in [4.78, 5) is 4.97. The lowest BCUT2D eigenvalue weighted by molar-refractivity contribution is 0.0594. The van der Waals surface area contributed by atoms with Crippen LogP contribution in [0.15, 0.2) is 231 Å². The van der Waals surface area contributed by atoms with Gasteiger partial charge in [0.25, 0.3) is 0 Å². The molecule has 10 aromatic rings. The minimum atomic E-state index is -0.585. The Kier molecular flexibility index (Phi) is 9.47. The molecular formula is C66H56N2. The zero-order valence-corrected chi connectivity index (χ0v) is 39.8. The van der Waals surface area contributed by atoms with Crippen LogP contribution in [0.25, 0.3) is 43.8 Å². The highest BCUT2D eigenvalue weighted by atomic mass is 15.1. The molecule has 2 aliphatic carbocycles. The van der Waals surface area contributed by atoms with E-state index in [1.165, 1.54) is 66.1 Å². The van der Waals surface area contributed by atoms with Gasteiger partial charge in [-0.2, -0.15) is 0 Å². The molecule has 0 heterocycles. The Balaban J connectivity index is 1.20. The first-order valence-electron chi connectivity index (χ1n) is 24.2. The minimum Gasteiger partial charge on any atom is -0.310 e. The first-order valence-corrected chi connectivity index (χ1v) is 24.2. The summed E-state index contributed by atoms with van der Waals surface area (Å²) < 4.78 is 0. The predicted octanol–water partition coefficient (Wildman–Crippen LogP) is 18.3. The second-order valence-corrected chi connectivity index (χ2v) is 20.9. The van der Waals surface area contributed by atoms with Crippen molar-refractivity contribution in [1.29, 1.82) is 0 Å². The number of para-hydroxylation sites is 2. The van der Waals surface area contributed by atoms with Gasteiger partial charge in [-0.05, 0) is 127 Å². The maximum atomic E-state index is 2.58. The van der Waals surface area contributed by atoms with Gasteiger partial charge < -0.3 is 9.80 Å². The van der Waals surface area contributed by atoms with E-state index >= 15 is 0 Å². The average Bonchev–Trinajstić information content (AvgIpc) is 3.83. The van der Waals surface area contributed by atoms with Crippen molar-refractivity contribution in [2.45, 2.75) is 52.4 Å². The predicted molar refractivity (Wildman–Crippen MR) is 289 cm³/mol. The minimum absolute atomic E-state index is 0.323. The van der Waals surface area contributed by atoms with Crippen LogP contribution in [0.1, 0.15) is 63.8 Å². The molecule has 10 aromatic carbocycles. The summed E-state index contributed by atoms with van der Waals surface area (Å²) in [5, 5.41) is 4.88. The van der Waals surface area contributed by atoms with Gasteiger partial charge in [-0.3, -0.25) is 0 Å². The largest absolute Gasteiger partial charge is 0.310 e. The number of nitrogens with zero attached hydrogens (tertiary/aromatic N) is 2. The molecule has 2 nitrogen and oxygen atoms in total. The van der Waals surface area contributed by atoms with Crippen LogP contribution in [-0.2, 0) is 10.8 Å². The number of benzene rings is 10. The van der Waals surface area contributed by atoms with Crippen molar-refractivity contribution in [2.24, 2.45) is 10.8 Å². The molecule has 0 aromatic heterocycles. The lowest BCUT2D eigenvalue weighted by atomic mass is 9.39. The van der Waals surface area contributed by atoms with Crippen LogP contribution in [0.3, 0.4) is 0 Å². The van der Waals surface area contributed by atoms with Gasteiger partial charge in [-0.1, -0.05) is 211 Å². The molecule has 0 spiro atoms. The molecule has 2 heteroatoms. The van der Waals surface area contributed by atoms with E-state index in [4.69, 9.17) is 0 Å². The van der Waals surface area contributed by atoms with Gasteiger partial charge in [0.1, 0.15) is 0 Å². The van der Waals surface area contributed by atoms with Crippen LogP contribution < -0.4 is 9.80 Å². The van der Waals surface area contributed by atoms with Crippen molar-refractivity contribution >= 4 is 55.7 Å². The van der Waals surface area contributed by atoms with Gasteiger partial charge in [0, 0.05) is 44.4 Å². The van der Waals surface area contributed by atoms with E-state index in [1.807, 2.05) is 0 Å². The molecular weight excluding hydrogens is 821 g/mol. The fourth-order valence-electron chi connectivity index (χ4n) is 13.2. The van der Waals surface area contributed by atoms with Crippen LogP contribution in [0.4, 0.5) is 34.1 Å². The van der Waals surface area contributed by atoms with Crippen molar-refractivity contribution in [3.63, 3.8) is 0 Å². The smallest absolute Gasteiger partial charge is 0.0540 e. The van der Waals surface area contributed by atoms with Crippen molar-refractivity contribution < 1.29 is 0 Å². The summed E-state index contributed by atoms with van der Waals surface area (Å²) in [6.45, 7) is 15.1. The second kappa shape index (κ2) is 15.4. The highest BCUT2D eigenvalue weighted by Crippen LogP contribution is 2.75. The van der Waals surface area contributed by atoms with Crippen LogP contribution in [0.2, 0.25) is 0 Å². The fourth-order valence-corrected chi connectivity index (χ4v) is 13.2. The van der Waals surface area contributed by atoms with E-state index in [0.717, 1.165) is 34.1 Å². The maximum Gasteiger partial charge on any atom is 0.0540 e. The first-order chi connectivity index (χ1) is 33.0. The molecule has 0 saturated heterocycles. The van der Waals surface area contributed by atoms with Crippen molar-refractivity contribution in [3.8, 4) is 22.3 Å². The summed E-state index contributed by atoms with van der Waals surface area (Å²) in [7, 11) is 0. The van der Waals surface area contributed by atoms with Crippen LogP contribution in [-0.4, -0.2) is 0 Å². The molecule has 2 unspecified atom stereocenters. The van der Waals surface area contributed by atoms with E-state index in [-0.39, 0.29) is 10.8 Å². The van der Waals surface area contributed by atoms with Crippen LogP contribution in [0, 0.1) is 10.8 Å². The maximum absolute atomic E-state index is 2.58. The molecule has 0 aliphatic heterocycles. The topological polar surface area (TPSA) is 6.48 Å². The Labute approximate surface area is 401 Å². The summed E-state index contributed by atoms with van der Waals surface area (Å²) in [6, 6.07) is 86.3. The summed E-state index contributed by atoms with van der Waals surface area (Å²) >= 11 is 0. The number of fused-ring (bicyclic) bond motifs is 8. The third-order valence-corrected chi connectivity index (χ3v) is 15.4. The van der Waals surface area contributed by atoms with Gasteiger partial charge in [-0.25, -0.2) is 0 Å². The molecule has 0 saturated carbocycles. The van der Waals surface area contributed by atoms with E-state index in [0.29, 0.717) is 0 Å². The van der Waals surface area contributed by atoms with Gasteiger partial charge in [0.05, 0.1) is 11.4 Å². The lowest BCUT2D eigenvalue weighted by Gasteiger charge is -2.62. The Morgan fingerprint density at radius 2 is 0.618 bits per heavy atom. The van der Waals surface area contributed by atoms with E-state index < -0.39 is 10.8 Å². The highest BCUT2D eigenvalue weighted by molar-refractivity contribution is 6.01. The average molecular weight is 877 g/mol.